The van der Waals surface area contributed by atoms with Crippen molar-refractivity contribution in [3.8, 4) is 11.8 Å². The van der Waals surface area contributed by atoms with Crippen molar-refractivity contribution in [3.05, 3.63) is 12.1 Å². The fraction of sp³-hybridized carbons (Fsp3) is 0.500. The van der Waals surface area contributed by atoms with Gasteiger partial charge in [0.15, 0.2) is 6.61 Å². The molecule has 0 amide bonds. The minimum atomic E-state index is -4.38. The van der Waals surface area contributed by atoms with E-state index in [0.29, 0.717) is 12.3 Å². The summed E-state index contributed by atoms with van der Waals surface area (Å²) in [5.74, 6) is 0.0967. The first-order valence-electron chi connectivity index (χ1n) is 4.97. The highest BCUT2D eigenvalue weighted by molar-refractivity contribution is 5.85. The van der Waals surface area contributed by atoms with E-state index in [-0.39, 0.29) is 24.2 Å². The third-order valence-corrected chi connectivity index (χ3v) is 1.77. The molecule has 0 atom stereocenters. The number of nitrogens with one attached hydrogen (secondary N) is 1. The molecule has 1 aromatic heterocycles. The number of rotatable bonds is 5. The molecule has 0 saturated carbocycles. The topological polar surface area (TPSA) is 43.4 Å². The third kappa shape index (κ3) is 5.31. The van der Waals surface area contributed by atoms with Crippen LogP contribution in [0.5, 0.6) is 11.8 Å². The van der Waals surface area contributed by atoms with E-state index < -0.39 is 12.8 Å². The molecule has 104 valence electrons. The number of nitrogens with zero attached hydrogens (tertiary/aromatic N) is 1. The Bertz CT molecular complexity index is 375. The Kier molecular flexibility index (Phi) is 6.61. The maximum atomic E-state index is 11.9. The first-order chi connectivity index (χ1) is 7.96. The van der Waals surface area contributed by atoms with Crippen LogP contribution in [0.2, 0.25) is 0 Å². The number of hydrogen-bond donors (Lipinski definition) is 1. The molecule has 0 aromatic carbocycles. The number of halogens is 4. The van der Waals surface area contributed by atoms with Crippen molar-refractivity contribution < 1.29 is 22.6 Å². The van der Waals surface area contributed by atoms with Gasteiger partial charge in [0, 0.05) is 13.1 Å². The molecule has 0 unspecified atom stereocenters. The molecular weight excluding hydrogens is 273 g/mol. The number of alkyl halides is 3. The molecule has 18 heavy (non-hydrogen) atoms. The zero-order chi connectivity index (χ0) is 12.9. The molecule has 1 heterocycles. The number of aromatic nitrogens is 1. The van der Waals surface area contributed by atoms with Gasteiger partial charge >= 0.3 is 6.18 Å². The number of hydrogen-bond acceptors (Lipinski definition) is 4. The summed E-state index contributed by atoms with van der Waals surface area (Å²) in [6.07, 6.45) is -4.38. The van der Waals surface area contributed by atoms with Crippen LogP contribution in [0.4, 0.5) is 18.9 Å². The van der Waals surface area contributed by atoms with E-state index >= 15 is 0 Å². The maximum absolute atomic E-state index is 11.9. The summed E-state index contributed by atoms with van der Waals surface area (Å²) in [6.45, 7) is 0.749. The third-order valence-electron chi connectivity index (χ3n) is 1.77. The van der Waals surface area contributed by atoms with E-state index in [1.54, 1.807) is 20.0 Å². The second-order valence-corrected chi connectivity index (χ2v) is 3.09. The zero-order valence-corrected chi connectivity index (χ0v) is 10.7. The normalized spacial score (nSPS) is 10.5. The molecule has 0 bridgehead atoms. The van der Waals surface area contributed by atoms with E-state index in [1.165, 1.54) is 6.07 Å². The van der Waals surface area contributed by atoms with Crippen LogP contribution in [0.25, 0.3) is 0 Å². The molecule has 0 spiro atoms. The Morgan fingerprint density at radius 3 is 2.44 bits per heavy atom. The molecule has 0 radical (unpaired) electrons. The van der Waals surface area contributed by atoms with Crippen molar-refractivity contribution in [2.75, 3.05) is 25.6 Å². The van der Waals surface area contributed by atoms with E-state index in [2.05, 4.69) is 15.0 Å². The average molecular weight is 287 g/mol. The second kappa shape index (κ2) is 7.15. The van der Waals surface area contributed by atoms with Crippen LogP contribution in [0.3, 0.4) is 0 Å². The molecule has 0 aliphatic rings. The lowest BCUT2D eigenvalue weighted by Gasteiger charge is -2.12. The first-order valence-corrected chi connectivity index (χ1v) is 4.97. The van der Waals surface area contributed by atoms with Gasteiger partial charge in [0.2, 0.25) is 11.8 Å². The molecule has 8 heteroatoms. The Labute approximate surface area is 109 Å². The predicted molar refractivity (Wildman–Crippen MR) is 63.8 cm³/mol. The number of anilines is 1. The molecule has 0 aliphatic heterocycles. The minimum Gasteiger partial charge on any atom is -0.476 e. The summed E-state index contributed by atoms with van der Waals surface area (Å²) in [7, 11) is 1.66. The lowest BCUT2D eigenvalue weighted by Crippen LogP contribution is -2.19. The van der Waals surface area contributed by atoms with Gasteiger partial charge < -0.3 is 14.8 Å². The van der Waals surface area contributed by atoms with Gasteiger partial charge in [0.25, 0.3) is 0 Å². The largest absolute Gasteiger partial charge is 0.476 e. The van der Waals surface area contributed by atoms with Crippen molar-refractivity contribution in [1.82, 2.24) is 4.98 Å². The van der Waals surface area contributed by atoms with Crippen LogP contribution in [0.15, 0.2) is 12.1 Å². The highest BCUT2D eigenvalue weighted by Crippen LogP contribution is 2.25. The minimum absolute atomic E-state index is 0. The Hall–Kier alpha value is -1.37. The van der Waals surface area contributed by atoms with E-state index in [0.717, 1.165) is 0 Å². The molecule has 0 fully saturated rings. The molecule has 0 aliphatic carbocycles. The van der Waals surface area contributed by atoms with Gasteiger partial charge in [-0.15, -0.1) is 12.4 Å². The van der Waals surface area contributed by atoms with Crippen LogP contribution < -0.4 is 14.8 Å². The second-order valence-electron chi connectivity index (χ2n) is 3.09. The van der Waals surface area contributed by atoms with Crippen molar-refractivity contribution in [2.45, 2.75) is 13.1 Å². The summed E-state index contributed by atoms with van der Waals surface area (Å²) in [6, 6.07) is 2.89. The fourth-order valence-electron chi connectivity index (χ4n) is 1.10. The summed E-state index contributed by atoms with van der Waals surface area (Å²) in [5.41, 5.74) is 0.589. The maximum Gasteiger partial charge on any atom is 0.422 e. The number of pyridine rings is 1. The van der Waals surface area contributed by atoms with E-state index in [1.807, 2.05) is 0 Å². The Balaban J connectivity index is 0.00000289. The molecular formula is C10H14ClF3N2O2. The first kappa shape index (κ1) is 16.6. The van der Waals surface area contributed by atoms with Gasteiger partial charge in [0.1, 0.15) is 0 Å². The van der Waals surface area contributed by atoms with Crippen LogP contribution >= 0.6 is 12.4 Å². The monoisotopic (exact) mass is 286 g/mol. The SMILES string of the molecule is CCOc1nc(OCC(F)(F)F)ccc1NC.Cl. The van der Waals surface area contributed by atoms with E-state index in [4.69, 9.17) is 4.74 Å². The van der Waals surface area contributed by atoms with Gasteiger partial charge in [-0.2, -0.15) is 18.2 Å². The van der Waals surface area contributed by atoms with Gasteiger partial charge in [-0.25, -0.2) is 0 Å². The molecule has 0 saturated heterocycles. The highest BCUT2D eigenvalue weighted by atomic mass is 35.5. The smallest absolute Gasteiger partial charge is 0.422 e. The van der Waals surface area contributed by atoms with Crippen LogP contribution in [-0.4, -0.2) is 31.4 Å². The average Bonchev–Trinajstić information content (AvgIpc) is 2.26. The van der Waals surface area contributed by atoms with E-state index in [9.17, 15) is 13.2 Å². The standard InChI is InChI=1S/C10H13F3N2O2.ClH/c1-3-16-9-7(14-2)4-5-8(15-9)17-6-10(11,12)13;/h4-5,14H,3,6H2,1-2H3;1H. The Morgan fingerprint density at radius 1 is 1.28 bits per heavy atom. The van der Waals surface area contributed by atoms with Gasteiger partial charge in [-0.05, 0) is 13.0 Å². The zero-order valence-electron chi connectivity index (χ0n) is 9.87. The lowest BCUT2D eigenvalue weighted by atomic mass is 10.4. The highest BCUT2D eigenvalue weighted by Gasteiger charge is 2.28. The van der Waals surface area contributed by atoms with Crippen LogP contribution in [-0.2, 0) is 0 Å². The van der Waals surface area contributed by atoms with Gasteiger partial charge in [-0.1, -0.05) is 0 Å². The van der Waals surface area contributed by atoms with Crippen molar-refractivity contribution in [1.29, 1.82) is 0 Å². The van der Waals surface area contributed by atoms with Crippen molar-refractivity contribution >= 4 is 18.1 Å². The summed E-state index contributed by atoms with van der Waals surface area (Å²) in [4.78, 5) is 3.83. The number of ether oxygens (including phenoxy) is 2. The van der Waals surface area contributed by atoms with Gasteiger partial charge in [0.05, 0.1) is 12.3 Å². The van der Waals surface area contributed by atoms with Crippen molar-refractivity contribution in [3.63, 3.8) is 0 Å². The van der Waals surface area contributed by atoms with Crippen LogP contribution in [0, 0.1) is 0 Å². The van der Waals surface area contributed by atoms with Crippen molar-refractivity contribution in [2.24, 2.45) is 0 Å². The summed E-state index contributed by atoms with van der Waals surface area (Å²) < 4.78 is 45.5. The predicted octanol–water partition coefficient (Wildman–Crippen LogP) is 2.88. The fourth-order valence-corrected chi connectivity index (χ4v) is 1.10. The molecule has 4 nitrogen and oxygen atoms in total. The molecule has 1 rings (SSSR count). The summed E-state index contributed by atoms with van der Waals surface area (Å²) >= 11 is 0. The molecule has 1 N–H and O–H groups in total. The van der Waals surface area contributed by atoms with Crippen LogP contribution in [0.1, 0.15) is 6.92 Å². The Morgan fingerprint density at radius 2 is 1.94 bits per heavy atom. The quantitative estimate of drug-likeness (QED) is 0.904. The molecule has 1 aromatic rings. The lowest BCUT2D eigenvalue weighted by molar-refractivity contribution is -0.154. The van der Waals surface area contributed by atoms with Gasteiger partial charge in [-0.3, -0.25) is 0 Å². The summed E-state index contributed by atoms with van der Waals surface area (Å²) in [5, 5.41) is 2.81.